The van der Waals surface area contributed by atoms with Crippen molar-refractivity contribution in [1.82, 2.24) is 0 Å². The number of anilines is 2. The van der Waals surface area contributed by atoms with E-state index < -0.39 is 18.1 Å². The van der Waals surface area contributed by atoms with Crippen molar-refractivity contribution < 1.29 is 17.9 Å². The molecule has 0 aliphatic carbocycles. The van der Waals surface area contributed by atoms with Crippen molar-refractivity contribution in [1.29, 1.82) is 0 Å². The molecule has 0 amide bonds. The third-order valence-corrected chi connectivity index (χ3v) is 5.24. The van der Waals surface area contributed by atoms with E-state index in [0.29, 0.717) is 23.5 Å². The standard InChI is InChI=1S/C23H20F3NO/c1-28-18-13-11-17(12-14-18)27-21-10-6-5-9-19(21)20(22(27)23(24,25)26)15-16-7-3-2-4-8-16/h2-14,20,22H,15H2,1H3/t20-,22-/m0/s1. The van der Waals surface area contributed by atoms with Gasteiger partial charge in [0.2, 0.25) is 0 Å². The van der Waals surface area contributed by atoms with Crippen LogP contribution in [0.3, 0.4) is 0 Å². The van der Waals surface area contributed by atoms with Gasteiger partial charge in [0.05, 0.1) is 7.11 Å². The fourth-order valence-electron chi connectivity index (χ4n) is 4.03. The molecular formula is C23H20F3NO. The second kappa shape index (κ2) is 7.23. The molecule has 0 unspecified atom stereocenters. The van der Waals surface area contributed by atoms with Crippen LogP contribution >= 0.6 is 0 Å². The molecule has 1 aliphatic heterocycles. The maximum atomic E-state index is 14.3. The Hall–Kier alpha value is -2.95. The van der Waals surface area contributed by atoms with Gasteiger partial charge in [-0.3, -0.25) is 0 Å². The van der Waals surface area contributed by atoms with E-state index >= 15 is 0 Å². The fraction of sp³-hybridized carbons (Fsp3) is 0.217. The lowest BCUT2D eigenvalue weighted by molar-refractivity contribution is -0.150. The molecule has 4 rings (SSSR count). The highest BCUT2D eigenvalue weighted by atomic mass is 19.4. The molecule has 2 nitrogen and oxygen atoms in total. The molecule has 2 atom stereocenters. The number of alkyl halides is 3. The Morgan fingerprint density at radius 3 is 2.14 bits per heavy atom. The molecule has 3 aromatic carbocycles. The van der Waals surface area contributed by atoms with Gasteiger partial charge in [0.15, 0.2) is 0 Å². The molecule has 0 spiro atoms. The average molecular weight is 383 g/mol. The van der Waals surface area contributed by atoms with Crippen LogP contribution in [0.4, 0.5) is 24.5 Å². The molecule has 0 bridgehead atoms. The Morgan fingerprint density at radius 1 is 0.857 bits per heavy atom. The third kappa shape index (κ3) is 3.33. The number of ether oxygens (including phenoxy) is 1. The monoisotopic (exact) mass is 383 g/mol. The first-order chi connectivity index (χ1) is 13.5. The Labute approximate surface area is 162 Å². The largest absolute Gasteiger partial charge is 0.497 e. The minimum absolute atomic E-state index is 0.328. The molecule has 1 heterocycles. The lowest BCUT2D eigenvalue weighted by Crippen LogP contribution is -2.43. The van der Waals surface area contributed by atoms with Gasteiger partial charge in [-0.1, -0.05) is 48.5 Å². The zero-order chi connectivity index (χ0) is 19.7. The first-order valence-electron chi connectivity index (χ1n) is 9.12. The Morgan fingerprint density at radius 2 is 1.50 bits per heavy atom. The zero-order valence-corrected chi connectivity index (χ0v) is 15.4. The van der Waals surface area contributed by atoms with Gasteiger partial charge in [-0.05, 0) is 47.9 Å². The van der Waals surface area contributed by atoms with E-state index in [2.05, 4.69) is 0 Å². The number of rotatable bonds is 4. The van der Waals surface area contributed by atoms with E-state index in [0.717, 1.165) is 11.1 Å². The summed E-state index contributed by atoms with van der Waals surface area (Å²) in [6, 6.07) is 21.6. The summed E-state index contributed by atoms with van der Waals surface area (Å²) in [6.45, 7) is 0. The summed E-state index contributed by atoms with van der Waals surface area (Å²) in [5.74, 6) is -0.0682. The highest BCUT2D eigenvalue weighted by Gasteiger charge is 2.54. The predicted octanol–water partition coefficient (Wildman–Crippen LogP) is 6.10. The van der Waals surface area contributed by atoms with Gasteiger partial charge in [0, 0.05) is 17.3 Å². The van der Waals surface area contributed by atoms with Gasteiger partial charge in [-0.15, -0.1) is 0 Å². The molecule has 0 radical (unpaired) electrons. The number of halogens is 3. The van der Waals surface area contributed by atoms with Crippen LogP contribution in [0.1, 0.15) is 17.0 Å². The average Bonchev–Trinajstić information content (AvgIpc) is 3.03. The molecule has 1 aliphatic rings. The van der Waals surface area contributed by atoms with Crippen LogP contribution in [-0.2, 0) is 6.42 Å². The van der Waals surface area contributed by atoms with Crippen LogP contribution in [0.25, 0.3) is 0 Å². The number of hydrogen-bond acceptors (Lipinski definition) is 2. The topological polar surface area (TPSA) is 12.5 Å². The number of methoxy groups -OCH3 is 1. The Bertz CT molecular complexity index is 938. The first kappa shape index (κ1) is 18.4. The molecule has 28 heavy (non-hydrogen) atoms. The van der Waals surface area contributed by atoms with Crippen molar-refractivity contribution >= 4 is 11.4 Å². The maximum absolute atomic E-state index is 14.3. The lowest BCUT2D eigenvalue weighted by atomic mass is 9.88. The van der Waals surface area contributed by atoms with E-state index in [9.17, 15) is 13.2 Å². The number of benzene rings is 3. The highest BCUT2D eigenvalue weighted by molar-refractivity contribution is 5.73. The minimum Gasteiger partial charge on any atom is -0.497 e. The van der Waals surface area contributed by atoms with Gasteiger partial charge < -0.3 is 9.64 Å². The zero-order valence-electron chi connectivity index (χ0n) is 15.4. The van der Waals surface area contributed by atoms with Gasteiger partial charge in [0.25, 0.3) is 0 Å². The minimum atomic E-state index is -4.38. The van der Waals surface area contributed by atoms with Crippen molar-refractivity contribution in [2.75, 3.05) is 12.0 Å². The van der Waals surface area contributed by atoms with Crippen LogP contribution in [-0.4, -0.2) is 19.3 Å². The van der Waals surface area contributed by atoms with Crippen molar-refractivity contribution in [2.24, 2.45) is 0 Å². The predicted molar refractivity (Wildman–Crippen MR) is 104 cm³/mol. The van der Waals surface area contributed by atoms with Crippen LogP contribution in [0.15, 0.2) is 78.9 Å². The quantitative estimate of drug-likeness (QED) is 0.539. The number of nitrogens with zero attached hydrogens (tertiary/aromatic N) is 1. The summed E-state index contributed by atoms with van der Waals surface area (Å²) in [4.78, 5) is 1.42. The molecule has 0 aromatic heterocycles. The molecule has 0 saturated carbocycles. The molecule has 5 heteroatoms. The molecule has 144 valence electrons. The van der Waals surface area contributed by atoms with E-state index in [1.807, 2.05) is 42.5 Å². The molecular weight excluding hydrogens is 363 g/mol. The van der Waals surface area contributed by atoms with Crippen molar-refractivity contribution in [3.8, 4) is 5.75 Å². The SMILES string of the molecule is COc1ccc(N2c3ccccc3[C@H](Cc3ccccc3)[C@H]2C(F)(F)F)cc1. The third-order valence-electron chi connectivity index (χ3n) is 5.24. The molecule has 3 aromatic rings. The second-order valence-corrected chi connectivity index (χ2v) is 6.91. The van der Waals surface area contributed by atoms with E-state index in [-0.39, 0.29) is 0 Å². The molecule has 0 fully saturated rings. The lowest BCUT2D eigenvalue weighted by Gasteiger charge is -2.32. The second-order valence-electron chi connectivity index (χ2n) is 6.91. The number of fused-ring (bicyclic) bond motifs is 1. The number of para-hydroxylation sites is 1. The normalized spacial score (nSPS) is 18.8. The summed E-state index contributed by atoms with van der Waals surface area (Å²) in [5, 5.41) is 0. The van der Waals surface area contributed by atoms with Gasteiger partial charge in [-0.2, -0.15) is 13.2 Å². The van der Waals surface area contributed by atoms with E-state index in [1.165, 1.54) is 12.0 Å². The van der Waals surface area contributed by atoms with Crippen LogP contribution < -0.4 is 9.64 Å². The van der Waals surface area contributed by atoms with Crippen molar-refractivity contribution in [3.63, 3.8) is 0 Å². The summed E-state index contributed by atoms with van der Waals surface area (Å²) in [7, 11) is 1.54. The van der Waals surface area contributed by atoms with Crippen molar-refractivity contribution in [2.45, 2.75) is 24.6 Å². The van der Waals surface area contributed by atoms with Gasteiger partial charge in [-0.25, -0.2) is 0 Å². The maximum Gasteiger partial charge on any atom is 0.409 e. The molecule has 0 saturated heterocycles. The van der Waals surface area contributed by atoms with Crippen LogP contribution in [0, 0.1) is 0 Å². The van der Waals surface area contributed by atoms with Crippen LogP contribution in [0.5, 0.6) is 5.75 Å². The fourth-order valence-corrected chi connectivity index (χ4v) is 4.03. The van der Waals surface area contributed by atoms with Gasteiger partial charge in [0.1, 0.15) is 11.8 Å². The summed E-state index contributed by atoms with van der Waals surface area (Å²) in [6.07, 6.45) is -4.05. The van der Waals surface area contributed by atoms with E-state index in [4.69, 9.17) is 4.74 Å². The summed E-state index contributed by atoms with van der Waals surface area (Å²) >= 11 is 0. The summed E-state index contributed by atoms with van der Waals surface area (Å²) < 4.78 is 48.0. The Balaban J connectivity index is 1.82. The highest BCUT2D eigenvalue weighted by Crippen LogP contribution is 2.51. The van der Waals surface area contributed by atoms with Gasteiger partial charge >= 0.3 is 6.18 Å². The van der Waals surface area contributed by atoms with E-state index in [1.54, 1.807) is 36.4 Å². The van der Waals surface area contributed by atoms with Crippen LogP contribution in [0.2, 0.25) is 0 Å². The smallest absolute Gasteiger partial charge is 0.409 e. The molecule has 0 N–H and O–H groups in total. The number of hydrogen-bond donors (Lipinski definition) is 0. The Kier molecular flexibility index (Phi) is 4.75. The van der Waals surface area contributed by atoms with Crippen molar-refractivity contribution in [3.05, 3.63) is 90.0 Å². The summed E-state index contributed by atoms with van der Waals surface area (Å²) in [5.41, 5.74) is 2.74. The first-order valence-corrected chi connectivity index (χ1v) is 9.12.